The Morgan fingerprint density at radius 2 is 1.92 bits per heavy atom. The monoisotopic (exact) mass is 352 g/mol. The molecule has 0 spiro atoms. The molecule has 0 radical (unpaired) electrons. The zero-order valence-corrected chi connectivity index (χ0v) is 15.4. The Bertz CT molecular complexity index is 622. The Hall–Kier alpha value is -2.12. The van der Waals surface area contributed by atoms with Crippen LogP contribution in [-0.2, 0) is 9.53 Å². The predicted molar refractivity (Wildman–Crippen MR) is 94.6 cm³/mol. The number of hydrogen-bond donors (Lipinski definition) is 4. The Morgan fingerprint density at radius 1 is 1.32 bits per heavy atom. The number of allylic oxidation sites excluding steroid dienone is 3. The van der Waals surface area contributed by atoms with Gasteiger partial charge >= 0.3 is 6.09 Å². The molecule has 25 heavy (non-hydrogen) atoms. The standard InChI is InChI=1S/C18H28N2O5/c1-16(2,3)25-15(22)20-11-9-13-12(6-7-14(19)21)8-10-17(4,23)18(13,5)24/h6-8,10,23-24H,9,11H2,1-5H3,(H2,19,21)(H,20,22). The maximum atomic E-state index is 11.7. The molecule has 0 heterocycles. The summed E-state index contributed by atoms with van der Waals surface area (Å²) in [7, 11) is 0. The molecular formula is C18H28N2O5. The first-order valence-corrected chi connectivity index (χ1v) is 8.08. The van der Waals surface area contributed by atoms with E-state index in [1.165, 1.54) is 32.1 Å². The minimum atomic E-state index is -1.57. The van der Waals surface area contributed by atoms with Crippen LogP contribution in [0.3, 0.4) is 0 Å². The van der Waals surface area contributed by atoms with E-state index in [1.54, 1.807) is 26.8 Å². The number of nitrogens with one attached hydrogen (secondary N) is 1. The molecule has 0 aromatic carbocycles. The van der Waals surface area contributed by atoms with E-state index in [9.17, 15) is 19.8 Å². The van der Waals surface area contributed by atoms with Crippen LogP contribution in [0, 0.1) is 0 Å². The molecule has 0 saturated carbocycles. The van der Waals surface area contributed by atoms with Crippen molar-refractivity contribution in [2.24, 2.45) is 5.73 Å². The summed E-state index contributed by atoms with van der Waals surface area (Å²) in [6, 6.07) is 0. The van der Waals surface area contributed by atoms with Crippen LogP contribution in [0.1, 0.15) is 41.0 Å². The van der Waals surface area contributed by atoms with Crippen molar-refractivity contribution in [1.29, 1.82) is 0 Å². The lowest BCUT2D eigenvalue weighted by molar-refractivity contribution is -0.113. The second kappa shape index (κ2) is 7.41. The molecule has 0 saturated heterocycles. The van der Waals surface area contributed by atoms with Crippen molar-refractivity contribution in [1.82, 2.24) is 5.32 Å². The van der Waals surface area contributed by atoms with Gasteiger partial charge in [0.2, 0.25) is 5.91 Å². The van der Waals surface area contributed by atoms with Crippen LogP contribution in [0.25, 0.3) is 0 Å². The number of carbonyl (C=O) groups is 2. The summed E-state index contributed by atoms with van der Waals surface area (Å²) in [5.74, 6) is -0.621. The quantitative estimate of drug-likeness (QED) is 0.556. The SMILES string of the molecule is CC(C)(C)OC(=O)NCCC1=C(C=CC(N)=O)C=CC(C)(O)C1(C)O. The third-order valence-electron chi connectivity index (χ3n) is 3.98. The van der Waals surface area contributed by atoms with Crippen molar-refractivity contribution in [3.8, 4) is 0 Å². The van der Waals surface area contributed by atoms with Crippen LogP contribution < -0.4 is 11.1 Å². The summed E-state index contributed by atoms with van der Waals surface area (Å²) in [5.41, 5.74) is 2.48. The van der Waals surface area contributed by atoms with E-state index in [0.29, 0.717) is 11.1 Å². The van der Waals surface area contributed by atoms with Gasteiger partial charge in [0.25, 0.3) is 0 Å². The van der Waals surface area contributed by atoms with Gasteiger partial charge in [-0.3, -0.25) is 4.79 Å². The van der Waals surface area contributed by atoms with Crippen molar-refractivity contribution in [2.75, 3.05) is 6.54 Å². The number of ether oxygens (including phenoxy) is 1. The fraction of sp³-hybridized carbons (Fsp3) is 0.556. The van der Waals surface area contributed by atoms with Gasteiger partial charge in [0.15, 0.2) is 0 Å². The molecule has 140 valence electrons. The maximum Gasteiger partial charge on any atom is 0.407 e. The van der Waals surface area contributed by atoms with Crippen LogP contribution in [0.4, 0.5) is 4.79 Å². The smallest absolute Gasteiger partial charge is 0.407 e. The molecule has 1 aliphatic carbocycles. The average Bonchev–Trinajstić information content (AvgIpc) is 2.40. The minimum Gasteiger partial charge on any atom is -0.444 e. The van der Waals surface area contributed by atoms with Crippen LogP contribution in [-0.4, -0.2) is 45.6 Å². The van der Waals surface area contributed by atoms with Crippen LogP contribution in [0.15, 0.2) is 35.5 Å². The van der Waals surface area contributed by atoms with Gasteiger partial charge in [0.05, 0.1) is 0 Å². The average molecular weight is 352 g/mol. The molecule has 7 nitrogen and oxygen atoms in total. The van der Waals surface area contributed by atoms with E-state index >= 15 is 0 Å². The van der Waals surface area contributed by atoms with Gasteiger partial charge in [-0.15, -0.1) is 0 Å². The molecule has 2 unspecified atom stereocenters. The first-order chi connectivity index (χ1) is 11.3. The Balaban J connectivity index is 2.96. The molecule has 2 amide bonds. The van der Waals surface area contributed by atoms with E-state index in [0.717, 1.165) is 0 Å². The minimum absolute atomic E-state index is 0.193. The highest BCUT2D eigenvalue weighted by atomic mass is 16.6. The molecule has 1 rings (SSSR count). The third-order valence-corrected chi connectivity index (χ3v) is 3.98. The zero-order chi connectivity index (χ0) is 19.5. The summed E-state index contributed by atoms with van der Waals surface area (Å²) in [6.07, 6.45) is 5.41. The van der Waals surface area contributed by atoms with Gasteiger partial charge in [-0.2, -0.15) is 0 Å². The first kappa shape index (κ1) is 20.9. The van der Waals surface area contributed by atoms with Crippen molar-refractivity contribution in [2.45, 2.75) is 57.8 Å². The van der Waals surface area contributed by atoms with E-state index in [2.05, 4.69) is 5.32 Å². The molecule has 0 fully saturated rings. The lowest BCUT2D eigenvalue weighted by Gasteiger charge is -2.42. The fourth-order valence-electron chi connectivity index (χ4n) is 2.42. The van der Waals surface area contributed by atoms with Crippen molar-refractivity contribution >= 4 is 12.0 Å². The summed E-state index contributed by atoms with van der Waals surface area (Å²) in [6.45, 7) is 8.44. The predicted octanol–water partition coefficient (Wildman–Crippen LogP) is 1.31. The summed E-state index contributed by atoms with van der Waals surface area (Å²) in [5, 5.41) is 23.8. The lowest BCUT2D eigenvalue weighted by Crippen LogP contribution is -2.52. The van der Waals surface area contributed by atoms with Crippen molar-refractivity contribution < 1.29 is 24.5 Å². The lowest BCUT2D eigenvalue weighted by atomic mass is 9.73. The Kier molecular flexibility index (Phi) is 6.20. The number of carbonyl (C=O) groups excluding carboxylic acids is 2. The van der Waals surface area contributed by atoms with E-state index in [1.807, 2.05) is 0 Å². The van der Waals surface area contributed by atoms with Crippen LogP contribution in [0.5, 0.6) is 0 Å². The molecular weight excluding hydrogens is 324 g/mol. The van der Waals surface area contributed by atoms with Gasteiger partial charge in [0, 0.05) is 12.6 Å². The highest BCUT2D eigenvalue weighted by Gasteiger charge is 2.45. The Labute approximate surface area is 148 Å². The Morgan fingerprint density at radius 3 is 2.44 bits per heavy atom. The highest BCUT2D eigenvalue weighted by molar-refractivity contribution is 5.86. The molecule has 2 atom stereocenters. The van der Waals surface area contributed by atoms with E-state index in [-0.39, 0.29) is 13.0 Å². The van der Waals surface area contributed by atoms with Gasteiger partial charge < -0.3 is 26.0 Å². The highest BCUT2D eigenvalue weighted by Crippen LogP contribution is 2.38. The maximum absolute atomic E-state index is 11.7. The van der Waals surface area contributed by atoms with E-state index < -0.39 is 28.8 Å². The molecule has 1 aliphatic rings. The molecule has 0 aromatic rings. The molecule has 0 aromatic heterocycles. The number of alkyl carbamates (subject to hydrolysis) is 1. The van der Waals surface area contributed by atoms with Gasteiger partial charge in [-0.05, 0) is 64.3 Å². The largest absolute Gasteiger partial charge is 0.444 e. The first-order valence-electron chi connectivity index (χ1n) is 8.08. The van der Waals surface area contributed by atoms with Gasteiger partial charge in [-0.25, -0.2) is 4.79 Å². The van der Waals surface area contributed by atoms with Crippen LogP contribution in [0.2, 0.25) is 0 Å². The van der Waals surface area contributed by atoms with Gasteiger partial charge in [-0.1, -0.05) is 6.08 Å². The van der Waals surface area contributed by atoms with Crippen molar-refractivity contribution in [3.05, 3.63) is 35.5 Å². The fourth-order valence-corrected chi connectivity index (χ4v) is 2.42. The topological polar surface area (TPSA) is 122 Å². The second-order valence-corrected chi connectivity index (χ2v) is 7.40. The molecule has 5 N–H and O–H groups in total. The number of nitrogens with two attached hydrogens (primary N) is 1. The third kappa shape index (κ3) is 5.72. The van der Waals surface area contributed by atoms with Crippen molar-refractivity contribution in [3.63, 3.8) is 0 Å². The molecule has 7 heteroatoms. The normalized spacial score (nSPS) is 26.8. The summed E-state index contributed by atoms with van der Waals surface area (Å²) >= 11 is 0. The number of hydrogen-bond acceptors (Lipinski definition) is 5. The molecule has 0 aliphatic heterocycles. The number of rotatable bonds is 5. The van der Waals surface area contributed by atoms with Gasteiger partial charge in [0.1, 0.15) is 16.8 Å². The summed E-state index contributed by atoms with van der Waals surface area (Å²) < 4.78 is 5.16. The van der Waals surface area contributed by atoms with Crippen LogP contribution >= 0.6 is 0 Å². The number of primary amides is 1. The second-order valence-electron chi connectivity index (χ2n) is 7.40. The zero-order valence-electron chi connectivity index (χ0n) is 15.4. The number of aliphatic hydroxyl groups is 2. The van der Waals surface area contributed by atoms with E-state index in [4.69, 9.17) is 10.5 Å². The summed E-state index contributed by atoms with van der Waals surface area (Å²) in [4.78, 5) is 22.7. The number of amides is 2. The molecule has 0 bridgehead atoms.